The molecule has 1 atom stereocenters. The molecule has 2 aromatic heterocycles. The lowest BCUT2D eigenvalue weighted by Crippen LogP contribution is -2.34. The SMILES string of the molecule is CC1(CN)CCN(C(=O)c2cc(-c3ccco3)[nH]n2)C1. The summed E-state index contributed by atoms with van der Waals surface area (Å²) in [5.74, 6) is 0.612. The molecule has 3 heterocycles. The molecule has 2 aromatic rings. The molecule has 1 saturated heterocycles. The van der Waals surface area contributed by atoms with Crippen molar-refractivity contribution >= 4 is 5.91 Å². The molecule has 0 radical (unpaired) electrons. The van der Waals surface area contributed by atoms with Gasteiger partial charge in [-0.3, -0.25) is 9.89 Å². The highest BCUT2D eigenvalue weighted by Crippen LogP contribution is 2.29. The van der Waals surface area contributed by atoms with E-state index in [4.69, 9.17) is 10.2 Å². The second-order valence-electron chi connectivity index (χ2n) is 5.64. The summed E-state index contributed by atoms with van der Waals surface area (Å²) in [4.78, 5) is 14.2. The normalized spacial score (nSPS) is 22.4. The maximum Gasteiger partial charge on any atom is 0.274 e. The molecule has 1 fully saturated rings. The first-order chi connectivity index (χ1) is 9.61. The van der Waals surface area contributed by atoms with Crippen LogP contribution >= 0.6 is 0 Å². The number of H-pyrrole nitrogens is 1. The van der Waals surface area contributed by atoms with Gasteiger partial charge in [-0.15, -0.1) is 0 Å². The Balaban J connectivity index is 1.76. The lowest BCUT2D eigenvalue weighted by molar-refractivity contribution is 0.0771. The van der Waals surface area contributed by atoms with Crippen molar-refractivity contribution in [2.45, 2.75) is 13.3 Å². The van der Waals surface area contributed by atoms with E-state index in [1.165, 1.54) is 0 Å². The van der Waals surface area contributed by atoms with Crippen molar-refractivity contribution in [3.05, 3.63) is 30.2 Å². The molecule has 6 heteroatoms. The molecule has 20 heavy (non-hydrogen) atoms. The average Bonchev–Trinajstić information content (AvgIpc) is 3.18. The summed E-state index contributed by atoms with van der Waals surface area (Å²) in [5.41, 5.74) is 6.91. The zero-order valence-electron chi connectivity index (χ0n) is 11.4. The van der Waals surface area contributed by atoms with E-state index < -0.39 is 0 Å². The Morgan fingerprint density at radius 3 is 3.15 bits per heavy atom. The lowest BCUT2D eigenvalue weighted by Gasteiger charge is -2.21. The van der Waals surface area contributed by atoms with Crippen LogP contribution < -0.4 is 5.73 Å². The molecule has 0 aliphatic carbocycles. The number of nitrogens with zero attached hydrogens (tertiary/aromatic N) is 2. The minimum Gasteiger partial charge on any atom is -0.463 e. The van der Waals surface area contributed by atoms with Crippen LogP contribution in [-0.2, 0) is 0 Å². The topological polar surface area (TPSA) is 88.1 Å². The third-order valence-electron chi connectivity index (χ3n) is 3.92. The number of carbonyl (C=O) groups excluding carboxylic acids is 1. The van der Waals surface area contributed by atoms with Crippen molar-refractivity contribution in [2.75, 3.05) is 19.6 Å². The maximum absolute atomic E-state index is 12.4. The van der Waals surface area contributed by atoms with E-state index in [0.29, 0.717) is 30.2 Å². The number of hydrogen-bond donors (Lipinski definition) is 2. The van der Waals surface area contributed by atoms with E-state index in [0.717, 1.165) is 13.0 Å². The van der Waals surface area contributed by atoms with Gasteiger partial charge in [0.15, 0.2) is 11.5 Å². The Morgan fingerprint density at radius 1 is 1.65 bits per heavy atom. The van der Waals surface area contributed by atoms with Crippen molar-refractivity contribution in [2.24, 2.45) is 11.1 Å². The molecule has 0 spiro atoms. The number of aromatic nitrogens is 2. The number of carbonyl (C=O) groups is 1. The monoisotopic (exact) mass is 274 g/mol. The zero-order chi connectivity index (χ0) is 14.2. The maximum atomic E-state index is 12.4. The van der Waals surface area contributed by atoms with Gasteiger partial charge < -0.3 is 15.1 Å². The van der Waals surface area contributed by atoms with E-state index in [9.17, 15) is 4.79 Å². The smallest absolute Gasteiger partial charge is 0.274 e. The summed E-state index contributed by atoms with van der Waals surface area (Å²) in [5, 5.41) is 6.91. The molecule has 1 amide bonds. The van der Waals surface area contributed by atoms with Crippen LogP contribution in [0.15, 0.2) is 28.9 Å². The van der Waals surface area contributed by atoms with Gasteiger partial charge in [-0.1, -0.05) is 6.92 Å². The molecule has 1 aliphatic heterocycles. The number of likely N-dealkylation sites (tertiary alicyclic amines) is 1. The van der Waals surface area contributed by atoms with Gasteiger partial charge in [-0.2, -0.15) is 5.10 Å². The second-order valence-corrected chi connectivity index (χ2v) is 5.64. The molecule has 3 rings (SSSR count). The molecule has 106 valence electrons. The Hall–Kier alpha value is -2.08. The number of amides is 1. The molecule has 1 unspecified atom stereocenters. The Morgan fingerprint density at radius 2 is 2.50 bits per heavy atom. The minimum absolute atomic E-state index is 0.0236. The quantitative estimate of drug-likeness (QED) is 0.887. The summed E-state index contributed by atoms with van der Waals surface area (Å²) >= 11 is 0. The number of hydrogen-bond acceptors (Lipinski definition) is 4. The van der Waals surface area contributed by atoms with Gasteiger partial charge in [0.1, 0.15) is 5.69 Å². The van der Waals surface area contributed by atoms with Crippen LogP contribution in [0.25, 0.3) is 11.5 Å². The van der Waals surface area contributed by atoms with Crippen LogP contribution in [0.1, 0.15) is 23.8 Å². The van der Waals surface area contributed by atoms with Crippen LogP contribution in [0.2, 0.25) is 0 Å². The van der Waals surface area contributed by atoms with Crippen LogP contribution in [-0.4, -0.2) is 40.6 Å². The first-order valence-electron chi connectivity index (χ1n) is 6.70. The summed E-state index contributed by atoms with van der Waals surface area (Å²) in [6.07, 6.45) is 2.52. The van der Waals surface area contributed by atoms with Crippen molar-refractivity contribution in [1.29, 1.82) is 0 Å². The predicted octanol–water partition coefficient (Wildman–Crippen LogP) is 1.48. The van der Waals surface area contributed by atoms with Crippen LogP contribution in [0.4, 0.5) is 0 Å². The van der Waals surface area contributed by atoms with Crippen molar-refractivity contribution < 1.29 is 9.21 Å². The van der Waals surface area contributed by atoms with Gasteiger partial charge in [0.2, 0.25) is 0 Å². The standard InChI is InChI=1S/C14H18N4O2/c1-14(8-15)4-5-18(9-14)13(19)11-7-10(16-17-11)12-3-2-6-20-12/h2-3,6-7H,4-5,8-9,15H2,1H3,(H,16,17). The summed E-state index contributed by atoms with van der Waals surface area (Å²) < 4.78 is 5.28. The van der Waals surface area contributed by atoms with E-state index in [1.807, 2.05) is 11.0 Å². The Kier molecular flexibility index (Phi) is 3.10. The third-order valence-corrected chi connectivity index (χ3v) is 3.92. The highest BCUT2D eigenvalue weighted by Gasteiger charge is 2.35. The minimum atomic E-state index is -0.0590. The fraction of sp³-hybridized carbons (Fsp3) is 0.429. The largest absolute Gasteiger partial charge is 0.463 e. The molecule has 6 nitrogen and oxygen atoms in total. The average molecular weight is 274 g/mol. The number of nitrogens with one attached hydrogen (secondary N) is 1. The number of rotatable bonds is 3. The van der Waals surface area contributed by atoms with Gasteiger partial charge >= 0.3 is 0 Å². The van der Waals surface area contributed by atoms with Crippen molar-refractivity contribution in [1.82, 2.24) is 15.1 Å². The third kappa shape index (κ3) is 2.22. The molecular weight excluding hydrogens is 256 g/mol. The van der Waals surface area contributed by atoms with Crippen molar-refractivity contribution in [3.8, 4) is 11.5 Å². The van der Waals surface area contributed by atoms with E-state index in [-0.39, 0.29) is 11.3 Å². The fourth-order valence-electron chi connectivity index (χ4n) is 2.52. The zero-order valence-corrected chi connectivity index (χ0v) is 11.4. The molecule has 0 bridgehead atoms. The van der Waals surface area contributed by atoms with Gasteiger partial charge in [-0.25, -0.2) is 0 Å². The van der Waals surface area contributed by atoms with E-state index in [2.05, 4.69) is 17.1 Å². The first-order valence-corrected chi connectivity index (χ1v) is 6.70. The predicted molar refractivity (Wildman–Crippen MR) is 74.0 cm³/mol. The van der Waals surface area contributed by atoms with Crippen LogP contribution in [0.3, 0.4) is 0 Å². The highest BCUT2D eigenvalue weighted by molar-refractivity contribution is 5.93. The summed E-state index contributed by atoms with van der Waals surface area (Å²) in [6, 6.07) is 5.34. The number of aromatic amines is 1. The molecular formula is C14H18N4O2. The second kappa shape index (κ2) is 4.79. The van der Waals surface area contributed by atoms with Gasteiger partial charge in [0.25, 0.3) is 5.91 Å². The number of furan rings is 1. The van der Waals surface area contributed by atoms with Crippen LogP contribution in [0, 0.1) is 5.41 Å². The summed E-state index contributed by atoms with van der Waals surface area (Å²) in [6.45, 7) is 4.12. The van der Waals surface area contributed by atoms with Gasteiger partial charge in [0.05, 0.1) is 6.26 Å². The van der Waals surface area contributed by atoms with E-state index >= 15 is 0 Å². The molecule has 1 aliphatic rings. The molecule has 3 N–H and O–H groups in total. The Bertz CT molecular complexity index is 604. The Labute approximate surface area is 116 Å². The van der Waals surface area contributed by atoms with Gasteiger partial charge in [-0.05, 0) is 30.5 Å². The molecule has 0 saturated carbocycles. The molecule has 0 aromatic carbocycles. The fourth-order valence-corrected chi connectivity index (χ4v) is 2.52. The van der Waals surface area contributed by atoms with Crippen LogP contribution in [0.5, 0.6) is 0 Å². The number of nitrogens with two attached hydrogens (primary N) is 1. The first kappa shape index (κ1) is 12.9. The van der Waals surface area contributed by atoms with Crippen molar-refractivity contribution in [3.63, 3.8) is 0 Å². The highest BCUT2D eigenvalue weighted by atomic mass is 16.3. The van der Waals surface area contributed by atoms with Gasteiger partial charge in [0, 0.05) is 19.2 Å². The lowest BCUT2D eigenvalue weighted by atomic mass is 9.90. The summed E-state index contributed by atoms with van der Waals surface area (Å²) in [7, 11) is 0. The van der Waals surface area contributed by atoms with E-state index in [1.54, 1.807) is 18.4 Å².